The van der Waals surface area contributed by atoms with E-state index in [0.29, 0.717) is 6.41 Å². The van der Waals surface area contributed by atoms with Crippen molar-refractivity contribution in [2.24, 2.45) is 0 Å². The number of nitrogens with one attached hydrogen (secondary N) is 1. The molecule has 0 atom stereocenters. The molecule has 0 unspecified atom stereocenters. The summed E-state index contributed by atoms with van der Waals surface area (Å²) < 4.78 is 1.06. The fourth-order valence-electron chi connectivity index (χ4n) is 1.68. The Labute approximate surface area is 109 Å². The highest BCUT2D eigenvalue weighted by atomic mass is 79.9. The largest absolute Gasteiger partial charge is 0.328 e. The summed E-state index contributed by atoms with van der Waals surface area (Å²) in [7, 11) is 0. The average molecular weight is 289 g/mol. The summed E-state index contributed by atoms with van der Waals surface area (Å²) in [4.78, 5) is 10.5. The van der Waals surface area contributed by atoms with Crippen molar-refractivity contribution in [2.45, 2.75) is 6.42 Å². The minimum Gasteiger partial charge on any atom is -0.328 e. The standard InChI is InChI=1S/C14H11BrNO/c15-13-6-3-4-11(9-13)8-12-5-1-2-7-14(12)16-10-17/h1,3-7,9-10H,8H2,(H,16,17). The number of halogens is 1. The highest BCUT2D eigenvalue weighted by Crippen LogP contribution is 2.20. The first-order valence-electron chi connectivity index (χ1n) is 5.23. The molecule has 1 amide bonds. The minimum atomic E-state index is 0.688. The van der Waals surface area contributed by atoms with Gasteiger partial charge in [0.05, 0.1) is 0 Å². The normalized spacial score (nSPS) is 9.94. The maximum atomic E-state index is 10.5. The summed E-state index contributed by atoms with van der Waals surface area (Å²) in [5.74, 6) is 0. The average Bonchev–Trinajstić information content (AvgIpc) is 2.32. The Morgan fingerprint density at radius 3 is 3.00 bits per heavy atom. The Morgan fingerprint density at radius 2 is 2.24 bits per heavy atom. The van der Waals surface area contributed by atoms with Gasteiger partial charge in [0.15, 0.2) is 0 Å². The van der Waals surface area contributed by atoms with E-state index in [1.807, 2.05) is 24.3 Å². The molecule has 0 aliphatic carbocycles. The monoisotopic (exact) mass is 288 g/mol. The van der Waals surface area contributed by atoms with Crippen molar-refractivity contribution >= 4 is 28.0 Å². The van der Waals surface area contributed by atoms with Crippen molar-refractivity contribution in [3.05, 3.63) is 64.1 Å². The fourth-order valence-corrected chi connectivity index (χ4v) is 2.13. The van der Waals surface area contributed by atoms with E-state index in [-0.39, 0.29) is 0 Å². The molecule has 0 aliphatic rings. The minimum absolute atomic E-state index is 0.688. The number of hydrogen-bond donors (Lipinski definition) is 1. The maximum Gasteiger partial charge on any atom is 0.211 e. The second-order valence-corrected chi connectivity index (χ2v) is 4.57. The molecule has 85 valence electrons. The van der Waals surface area contributed by atoms with Gasteiger partial charge in [0.25, 0.3) is 0 Å². The number of hydrogen-bond acceptors (Lipinski definition) is 1. The Balaban J connectivity index is 2.26. The predicted molar refractivity (Wildman–Crippen MR) is 71.9 cm³/mol. The predicted octanol–water partition coefficient (Wildman–Crippen LogP) is 3.41. The molecular formula is C14H11BrNO. The van der Waals surface area contributed by atoms with Crippen molar-refractivity contribution < 1.29 is 4.79 Å². The van der Waals surface area contributed by atoms with E-state index in [1.54, 1.807) is 6.07 Å². The van der Waals surface area contributed by atoms with Gasteiger partial charge in [0.1, 0.15) is 0 Å². The lowest BCUT2D eigenvalue weighted by molar-refractivity contribution is -0.105. The first kappa shape index (κ1) is 11.9. The first-order valence-corrected chi connectivity index (χ1v) is 6.02. The van der Waals surface area contributed by atoms with Gasteiger partial charge in [-0.2, -0.15) is 0 Å². The SMILES string of the molecule is O=CNc1c[c]ccc1Cc1cccc(Br)c1. The summed E-state index contributed by atoms with van der Waals surface area (Å²) in [5, 5.41) is 2.69. The summed E-state index contributed by atoms with van der Waals surface area (Å²) in [6, 6.07) is 16.7. The Bertz CT molecular complexity index is 525. The fraction of sp³-hybridized carbons (Fsp3) is 0.0714. The van der Waals surface area contributed by atoms with Crippen LogP contribution in [0.4, 0.5) is 5.69 Å². The zero-order valence-electron chi connectivity index (χ0n) is 9.11. The summed E-state index contributed by atoms with van der Waals surface area (Å²) in [6.07, 6.45) is 1.47. The Morgan fingerprint density at radius 1 is 1.35 bits per heavy atom. The summed E-state index contributed by atoms with van der Waals surface area (Å²) >= 11 is 3.45. The summed E-state index contributed by atoms with van der Waals surface area (Å²) in [5.41, 5.74) is 3.08. The molecular weight excluding hydrogens is 278 g/mol. The van der Waals surface area contributed by atoms with E-state index < -0.39 is 0 Å². The third-order valence-corrected chi connectivity index (χ3v) is 2.95. The smallest absolute Gasteiger partial charge is 0.211 e. The van der Waals surface area contributed by atoms with Crippen LogP contribution >= 0.6 is 15.9 Å². The van der Waals surface area contributed by atoms with Crippen molar-refractivity contribution in [3.63, 3.8) is 0 Å². The second-order valence-electron chi connectivity index (χ2n) is 3.65. The van der Waals surface area contributed by atoms with Crippen LogP contribution in [0.2, 0.25) is 0 Å². The lowest BCUT2D eigenvalue weighted by Crippen LogP contribution is -1.99. The zero-order chi connectivity index (χ0) is 12.1. The molecule has 0 spiro atoms. The van der Waals surface area contributed by atoms with Crippen molar-refractivity contribution in [2.75, 3.05) is 5.32 Å². The molecule has 0 bridgehead atoms. The van der Waals surface area contributed by atoms with Crippen LogP contribution in [0.15, 0.2) is 46.9 Å². The van der Waals surface area contributed by atoms with Crippen LogP contribution in [0, 0.1) is 6.07 Å². The molecule has 0 saturated heterocycles. The molecule has 2 aromatic rings. The first-order chi connectivity index (χ1) is 8.29. The third-order valence-electron chi connectivity index (χ3n) is 2.45. The summed E-state index contributed by atoms with van der Waals surface area (Å²) in [6.45, 7) is 0. The van der Waals surface area contributed by atoms with Gasteiger partial charge in [0, 0.05) is 10.2 Å². The molecule has 3 heteroatoms. The van der Waals surface area contributed by atoms with E-state index in [0.717, 1.165) is 22.1 Å². The Hall–Kier alpha value is -1.61. The van der Waals surface area contributed by atoms with Crippen molar-refractivity contribution in [3.8, 4) is 0 Å². The maximum absolute atomic E-state index is 10.5. The molecule has 17 heavy (non-hydrogen) atoms. The Kier molecular flexibility index (Phi) is 3.94. The van der Waals surface area contributed by atoms with Crippen LogP contribution in [0.3, 0.4) is 0 Å². The van der Waals surface area contributed by atoms with Gasteiger partial charge in [-0.3, -0.25) is 4.79 Å². The van der Waals surface area contributed by atoms with Crippen LogP contribution in [0.1, 0.15) is 11.1 Å². The van der Waals surface area contributed by atoms with Crippen LogP contribution in [0.5, 0.6) is 0 Å². The van der Waals surface area contributed by atoms with Crippen molar-refractivity contribution in [1.29, 1.82) is 0 Å². The highest BCUT2D eigenvalue weighted by Gasteiger charge is 2.02. The van der Waals surface area contributed by atoms with Gasteiger partial charge in [-0.1, -0.05) is 40.2 Å². The number of benzene rings is 2. The van der Waals surface area contributed by atoms with Crippen LogP contribution < -0.4 is 5.32 Å². The van der Waals surface area contributed by atoms with Crippen LogP contribution in [-0.4, -0.2) is 6.41 Å². The zero-order valence-corrected chi connectivity index (χ0v) is 10.7. The second kappa shape index (κ2) is 5.64. The number of rotatable bonds is 4. The highest BCUT2D eigenvalue weighted by molar-refractivity contribution is 9.10. The van der Waals surface area contributed by atoms with Gasteiger partial charge < -0.3 is 5.32 Å². The lowest BCUT2D eigenvalue weighted by Gasteiger charge is -2.08. The molecule has 0 saturated carbocycles. The number of anilines is 1. The van der Waals surface area contributed by atoms with Gasteiger partial charge >= 0.3 is 0 Å². The van der Waals surface area contributed by atoms with E-state index in [2.05, 4.69) is 39.4 Å². The molecule has 0 fully saturated rings. The van der Waals surface area contributed by atoms with Gasteiger partial charge in [-0.05, 0) is 41.8 Å². The molecule has 2 aromatic carbocycles. The molecule has 0 heterocycles. The molecule has 2 rings (SSSR count). The van der Waals surface area contributed by atoms with Gasteiger partial charge in [-0.25, -0.2) is 0 Å². The van der Waals surface area contributed by atoms with Crippen LogP contribution in [0.25, 0.3) is 0 Å². The van der Waals surface area contributed by atoms with Crippen molar-refractivity contribution in [1.82, 2.24) is 0 Å². The number of carbonyl (C=O) groups is 1. The van der Waals surface area contributed by atoms with Crippen LogP contribution in [-0.2, 0) is 11.2 Å². The molecule has 2 nitrogen and oxygen atoms in total. The molecule has 0 aromatic heterocycles. The molecule has 1 radical (unpaired) electrons. The topological polar surface area (TPSA) is 29.1 Å². The van der Waals surface area contributed by atoms with Gasteiger partial charge in [-0.15, -0.1) is 0 Å². The van der Waals surface area contributed by atoms with E-state index in [4.69, 9.17) is 0 Å². The number of carbonyl (C=O) groups excluding carboxylic acids is 1. The lowest BCUT2D eigenvalue weighted by atomic mass is 10.0. The van der Waals surface area contributed by atoms with E-state index in [1.165, 1.54) is 5.56 Å². The molecule has 1 N–H and O–H groups in total. The van der Waals surface area contributed by atoms with E-state index >= 15 is 0 Å². The third kappa shape index (κ3) is 3.17. The van der Waals surface area contributed by atoms with Gasteiger partial charge in [0.2, 0.25) is 6.41 Å². The quantitative estimate of drug-likeness (QED) is 0.859. The number of amides is 1. The molecule has 0 aliphatic heterocycles. The van der Waals surface area contributed by atoms with E-state index in [9.17, 15) is 4.79 Å².